The number of esters is 2. The lowest BCUT2D eigenvalue weighted by Gasteiger charge is -2.54. The van der Waals surface area contributed by atoms with Gasteiger partial charge in [-0.05, 0) is 37.0 Å². The van der Waals surface area contributed by atoms with Gasteiger partial charge in [-0.25, -0.2) is 9.59 Å². The van der Waals surface area contributed by atoms with E-state index < -0.39 is 45.5 Å². The summed E-state index contributed by atoms with van der Waals surface area (Å²) in [6.45, 7) is 3.89. The summed E-state index contributed by atoms with van der Waals surface area (Å²) in [5, 5.41) is -0.530. The first kappa shape index (κ1) is 31.6. The number of benzene rings is 4. The summed E-state index contributed by atoms with van der Waals surface area (Å²) in [5.41, 5.74) is 1.80. The van der Waals surface area contributed by atoms with Crippen LogP contribution in [0.15, 0.2) is 133 Å². The SMILES string of the molecule is CC1(C)S[C@H]2N(C(=O)[C@]23CC=C(C(=O)OCc2ccccc2)[C@@H]3C(=O)c2ccccc2)[C@H]1C(=O)OC(c1ccccc1)c1ccccc1. The molecule has 0 saturated carbocycles. The number of carbonyl (C=O) groups is 4. The summed E-state index contributed by atoms with van der Waals surface area (Å²) in [5.74, 6) is -2.85. The zero-order valence-corrected chi connectivity index (χ0v) is 27.5. The average Bonchev–Trinajstić information content (AvgIpc) is 3.66. The van der Waals surface area contributed by atoms with Crippen molar-refractivity contribution in [1.82, 2.24) is 4.90 Å². The van der Waals surface area contributed by atoms with E-state index in [1.54, 1.807) is 35.2 Å². The molecule has 1 aliphatic carbocycles. The molecule has 2 aliphatic heterocycles. The highest BCUT2D eigenvalue weighted by atomic mass is 32.2. The third-order valence-corrected chi connectivity index (χ3v) is 11.3. The van der Waals surface area contributed by atoms with Crippen LogP contribution >= 0.6 is 11.8 Å². The van der Waals surface area contributed by atoms with Crippen molar-refractivity contribution in [3.05, 3.63) is 155 Å². The summed E-state index contributed by atoms with van der Waals surface area (Å²) in [6.07, 6.45) is 1.21. The molecule has 0 unspecified atom stereocenters. The fourth-order valence-corrected chi connectivity index (χ4v) is 9.09. The lowest BCUT2D eigenvalue weighted by molar-refractivity contribution is -0.179. The molecule has 3 aliphatic rings. The maximum atomic E-state index is 14.6. The molecule has 4 aromatic carbocycles. The fourth-order valence-electron chi connectivity index (χ4n) is 7.30. The summed E-state index contributed by atoms with van der Waals surface area (Å²) in [7, 11) is 0. The van der Waals surface area contributed by atoms with E-state index in [1.165, 1.54) is 11.8 Å². The van der Waals surface area contributed by atoms with Crippen molar-refractivity contribution in [2.45, 2.75) is 49.1 Å². The summed E-state index contributed by atoms with van der Waals surface area (Å²) < 4.78 is 11.2. The van der Waals surface area contributed by atoms with E-state index in [0.29, 0.717) is 5.56 Å². The summed E-state index contributed by atoms with van der Waals surface area (Å²) in [6, 6.07) is 36.2. The molecule has 0 radical (unpaired) electrons. The van der Waals surface area contributed by atoms with Crippen molar-refractivity contribution in [2.24, 2.45) is 11.3 Å². The molecule has 0 bridgehead atoms. The molecule has 2 saturated heterocycles. The Morgan fingerprint density at radius 3 is 1.94 bits per heavy atom. The predicted molar refractivity (Wildman–Crippen MR) is 183 cm³/mol. The van der Waals surface area contributed by atoms with Crippen molar-refractivity contribution >= 4 is 35.4 Å². The number of fused-ring (bicyclic) bond motifs is 2. The van der Waals surface area contributed by atoms with Crippen molar-refractivity contribution < 1.29 is 28.7 Å². The Balaban J connectivity index is 1.19. The van der Waals surface area contributed by atoms with Crippen LogP contribution in [0, 0.1) is 11.3 Å². The number of β-lactam (4-membered cyclic amide) rings is 1. The van der Waals surface area contributed by atoms with Gasteiger partial charge in [0.2, 0.25) is 5.91 Å². The van der Waals surface area contributed by atoms with E-state index in [1.807, 2.05) is 111 Å². The molecule has 1 amide bonds. The molecular weight excluding hydrogens is 623 g/mol. The molecule has 0 aromatic heterocycles. The molecular formula is C40H35NO6S. The second-order valence-corrected chi connectivity index (χ2v) is 14.7. The Bertz CT molecular complexity index is 1840. The number of amides is 1. The minimum Gasteiger partial charge on any atom is -0.457 e. The third kappa shape index (κ3) is 5.34. The van der Waals surface area contributed by atoms with Gasteiger partial charge in [0.05, 0.1) is 16.7 Å². The van der Waals surface area contributed by atoms with Crippen LogP contribution in [-0.2, 0) is 30.5 Å². The van der Waals surface area contributed by atoms with Gasteiger partial charge < -0.3 is 14.4 Å². The van der Waals surface area contributed by atoms with E-state index in [-0.39, 0.29) is 30.3 Å². The first-order valence-corrected chi connectivity index (χ1v) is 16.9. The van der Waals surface area contributed by atoms with E-state index in [9.17, 15) is 19.2 Å². The van der Waals surface area contributed by atoms with Crippen LogP contribution in [0.4, 0.5) is 0 Å². The number of nitrogens with zero attached hydrogens (tertiary/aromatic N) is 1. The highest BCUT2D eigenvalue weighted by Crippen LogP contribution is 2.66. The lowest BCUT2D eigenvalue weighted by atomic mass is 9.64. The largest absolute Gasteiger partial charge is 0.457 e. The third-order valence-electron chi connectivity index (χ3n) is 9.59. The Labute approximate surface area is 283 Å². The minimum atomic E-state index is -1.23. The molecule has 48 heavy (non-hydrogen) atoms. The molecule has 4 atom stereocenters. The first-order chi connectivity index (χ1) is 23.2. The van der Waals surface area contributed by atoms with Gasteiger partial charge in [0.1, 0.15) is 12.6 Å². The maximum Gasteiger partial charge on any atom is 0.334 e. The standard InChI is InChI=1S/C40H35NO6S/c1-39(2)34(36(44)47-33(28-19-11-5-12-20-28)29-21-13-6-14-22-29)41-37(45)40(38(41)48-39)24-23-30(31(40)32(42)27-17-9-4-10-18-27)35(43)46-25-26-15-7-3-8-16-26/h3-23,31,33-34,38H,24-25H2,1-2H3/t31-,34+,38-,40-/m1/s1. The van der Waals surface area contributed by atoms with E-state index in [4.69, 9.17) is 9.47 Å². The molecule has 7 nitrogen and oxygen atoms in total. The van der Waals surface area contributed by atoms with Crippen LogP contribution < -0.4 is 0 Å². The summed E-state index contributed by atoms with van der Waals surface area (Å²) in [4.78, 5) is 58.3. The van der Waals surface area contributed by atoms with Crippen molar-refractivity contribution in [3.8, 4) is 0 Å². The predicted octanol–water partition coefficient (Wildman–Crippen LogP) is 6.94. The number of Topliss-reactive ketones (excluding diaryl/α,β-unsaturated/α-hetero) is 1. The quantitative estimate of drug-likeness (QED) is 0.109. The number of hydrogen-bond acceptors (Lipinski definition) is 7. The van der Waals surface area contributed by atoms with Crippen LogP contribution in [0.2, 0.25) is 0 Å². The molecule has 1 spiro atoms. The lowest BCUT2D eigenvalue weighted by Crippen LogP contribution is -2.71. The van der Waals surface area contributed by atoms with Gasteiger partial charge in [-0.1, -0.05) is 127 Å². The van der Waals surface area contributed by atoms with Crippen LogP contribution in [0.3, 0.4) is 0 Å². The molecule has 4 aromatic rings. The van der Waals surface area contributed by atoms with Gasteiger partial charge in [-0.2, -0.15) is 0 Å². The van der Waals surface area contributed by atoms with Crippen LogP contribution in [0.1, 0.15) is 53.4 Å². The number of rotatable bonds is 9. The van der Waals surface area contributed by atoms with Crippen LogP contribution in [0.25, 0.3) is 0 Å². The number of carbonyl (C=O) groups excluding carboxylic acids is 4. The topological polar surface area (TPSA) is 90.0 Å². The Morgan fingerprint density at radius 2 is 1.35 bits per heavy atom. The van der Waals surface area contributed by atoms with E-state index >= 15 is 0 Å². The van der Waals surface area contributed by atoms with Crippen LogP contribution in [-0.4, -0.2) is 44.7 Å². The Morgan fingerprint density at radius 1 is 0.812 bits per heavy atom. The molecule has 242 valence electrons. The minimum absolute atomic E-state index is 0.0411. The highest BCUT2D eigenvalue weighted by molar-refractivity contribution is 8.01. The van der Waals surface area contributed by atoms with Gasteiger partial charge in [0.25, 0.3) is 0 Å². The van der Waals surface area contributed by atoms with Crippen molar-refractivity contribution in [2.75, 3.05) is 0 Å². The second kappa shape index (κ2) is 12.6. The Hall–Kier alpha value is -4.95. The first-order valence-electron chi connectivity index (χ1n) is 16.0. The van der Waals surface area contributed by atoms with Gasteiger partial charge in [-0.3, -0.25) is 9.59 Å². The molecule has 2 fully saturated rings. The molecule has 8 heteroatoms. The van der Waals surface area contributed by atoms with Crippen LogP contribution in [0.5, 0.6) is 0 Å². The number of thioether (sulfide) groups is 1. The van der Waals surface area contributed by atoms with Gasteiger partial charge in [0, 0.05) is 15.9 Å². The van der Waals surface area contributed by atoms with E-state index in [0.717, 1.165) is 16.7 Å². The molecule has 2 heterocycles. The molecule has 0 N–H and O–H groups in total. The number of ketones is 1. The number of ether oxygens (including phenoxy) is 2. The number of hydrogen-bond donors (Lipinski definition) is 0. The zero-order chi connectivity index (χ0) is 33.5. The fraction of sp³-hybridized carbons (Fsp3) is 0.250. The maximum absolute atomic E-state index is 14.6. The normalized spacial score (nSPS) is 23.7. The van der Waals surface area contributed by atoms with E-state index in [2.05, 4.69) is 0 Å². The summed E-state index contributed by atoms with van der Waals surface area (Å²) >= 11 is 1.48. The van der Waals surface area contributed by atoms with Crippen molar-refractivity contribution in [1.29, 1.82) is 0 Å². The highest BCUT2D eigenvalue weighted by Gasteiger charge is 2.76. The Kier molecular flexibility index (Phi) is 8.29. The number of allylic oxidation sites excluding steroid dienone is 1. The average molecular weight is 658 g/mol. The smallest absolute Gasteiger partial charge is 0.334 e. The zero-order valence-electron chi connectivity index (χ0n) is 26.7. The van der Waals surface area contributed by atoms with Gasteiger partial charge in [0.15, 0.2) is 11.9 Å². The second-order valence-electron chi connectivity index (χ2n) is 13.0. The molecule has 7 rings (SSSR count). The monoisotopic (exact) mass is 657 g/mol. The van der Waals surface area contributed by atoms with Gasteiger partial charge >= 0.3 is 11.9 Å². The van der Waals surface area contributed by atoms with Gasteiger partial charge in [-0.15, -0.1) is 11.8 Å². The van der Waals surface area contributed by atoms with Crippen molar-refractivity contribution in [3.63, 3.8) is 0 Å².